The van der Waals surface area contributed by atoms with Crippen molar-refractivity contribution in [1.29, 1.82) is 0 Å². The van der Waals surface area contributed by atoms with Gasteiger partial charge < -0.3 is 14.6 Å². The molecule has 0 atom stereocenters. The second-order valence-electron chi connectivity index (χ2n) is 5.78. The van der Waals surface area contributed by atoms with Crippen molar-refractivity contribution in [3.63, 3.8) is 0 Å². The number of phenols is 1. The molecule has 0 saturated heterocycles. The van der Waals surface area contributed by atoms with Crippen molar-refractivity contribution >= 4 is 11.0 Å². The molecular formula is C19H19NO4. The largest absolute Gasteiger partial charge is 0.507 e. The molecule has 0 unspecified atom stereocenters. The van der Waals surface area contributed by atoms with Crippen molar-refractivity contribution in [3.05, 3.63) is 64.5 Å². The average Bonchev–Trinajstić information content (AvgIpc) is 2.56. The van der Waals surface area contributed by atoms with Crippen LogP contribution in [0.5, 0.6) is 5.75 Å². The van der Waals surface area contributed by atoms with Gasteiger partial charge in [-0.25, -0.2) is 4.79 Å². The fraction of sp³-hybridized carbons (Fsp3) is 0.211. The molecule has 1 aromatic heterocycles. The van der Waals surface area contributed by atoms with E-state index in [1.807, 2.05) is 42.3 Å². The highest BCUT2D eigenvalue weighted by Crippen LogP contribution is 2.34. The molecule has 5 heteroatoms. The maximum Gasteiger partial charge on any atom is 0.336 e. The summed E-state index contributed by atoms with van der Waals surface area (Å²) in [5.74, 6) is 0.133. The Bertz CT molecular complexity index is 902. The maximum absolute atomic E-state index is 11.9. The Morgan fingerprint density at radius 3 is 2.58 bits per heavy atom. The summed E-state index contributed by atoms with van der Waals surface area (Å²) < 4.78 is 5.33. The molecule has 3 aromatic rings. The molecule has 0 amide bonds. The zero-order valence-corrected chi connectivity index (χ0v) is 13.4. The molecule has 0 bridgehead atoms. The van der Waals surface area contributed by atoms with Gasteiger partial charge in [-0.1, -0.05) is 30.3 Å². The summed E-state index contributed by atoms with van der Waals surface area (Å²) in [4.78, 5) is 13.8. The predicted molar refractivity (Wildman–Crippen MR) is 93.0 cm³/mol. The van der Waals surface area contributed by atoms with Crippen LogP contribution in [0.25, 0.3) is 22.1 Å². The zero-order chi connectivity index (χ0) is 17.1. The molecule has 1 heterocycles. The lowest BCUT2D eigenvalue weighted by atomic mass is 10.0. The van der Waals surface area contributed by atoms with E-state index in [-0.39, 0.29) is 12.4 Å². The smallest absolute Gasteiger partial charge is 0.336 e. The number of hydrogen-bond acceptors (Lipinski definition) is 5. The first kappa shape index (κ1) is 16.2. The first-order valence-corrected chi connectivity index (χ1v) is 7.73. The Balaban J connectivity index is 2.13. The summed E-state index contributed by atoms with van der Waals surface area (Å²) in [7, 11) is 1.86. The molecule has 0 aliphatic rings. The van der Waals surface area contributed by atoms with Crippen LogP contribution in [-0.2, 0) is 6.54 Å². The number of benzene rings is 2. The molecule has 2 aromatic carbocycles. The van der Waals surface area contributed by atoms with Crippen LogP contribution >= 0.6 is 0 Å². The summed E-state index contributed by atoms with van der Waals surface area (Å²) in [6.07, 6.45) is 0. The minimum Gasteiger partial charge on any atom is -0.507 e. The molecule has 0 saturated carbocycles. The van der Waals surface area contributed by atoms with Gasteiger partial charge in [0.25, 0.3) is 0 Å². The third-order valence-corrected chi connectivity index (χ3v) is 3.95. The summed E-state index contributed by atoms with van der Waals surface area (Å²) >= 11 is 0. The van der Waals surface area contributed by atoms with Gasteiger partial charge in [0, 0.05) is 30.1 Å². The van der Waals surface area contributed by atoms with Gasteiger partial charge >= 0.3 is 5.63 Å². The second-order valence-corrected chi connectivity index (χ2v) is 5.78. The van der Waals surface area contributed by atoms with E-state index in [4.69, 9.17) is 9.52 Å². The van der Waals surface area contributed by atoms with Gasteiger partial charge in [-0.15, -0.1) is 0 Å². The molecule has 0 aliphatic heterocycles. The lowest BCUT2D eigenvalue weighted by Crippen LogP contribution is -2.22. The second kappa shape index (κ2) is 6.86. The number of fused-ring (bicyclic) bond motifs is 1. The number of aromatic hydroxyl groups is 1. The third kappa shape index (κ3) is 3.32. The summed E-state index contributed by atoms with van der Waals surface area (Å²) in [5.41, 5.74) is 2.23. The van der Waals surface area contributed by atoms with E-state index < -0.39 is 5.63 Å². The summed E-state index contributed by atoms with van der Waals surface area (Å²) in [5, 5.41) is 20.1. The highest BCUT2D eigenvalue weighted by molar-refractivity contribution is 5.88. The quantitative estimate of drug-likeness (QED) is 0.705. The van der Waals surface area contributed by atoms with Crippen LogP contribution in [0.15, 0.2) is 57.7 Å². The number of aliphatic hydroxyl groups excluding tert-OH is 1. The Hall–Kier alpha value is -2.63. The minimum atomic E-state index is -0.431. The molecule has 124 valence electrons. The van der Waals surface area contributed by atoms with Crippen LogP contribution < -0.4 is 5.63 Å². The van der Waals surface area contributed by atoms with Crippen LogP contribution in [0.1, 0.15) is 5.56 Å². The van der Waals surface area contributed by atoms with E-state index in [2.05, 4.69) is 0 Å². The number of rotatable bonds is 5. The fourth-order valence-corrected chi connectivity index (χ4v) is 2.78. The van der Waals surface area contributed by atoms with Crippen molar-refractivity contribution in [1.82, 2.24) is 4.90 Å². The van der Waals surface area contributed by atoms with Crippen LogP contribution in [0.3, 0.4) is 0 Å². The van der Waals surface area contributed by atoms with Crippen LogP contribution in [0.2, 0.25) is 0 Å². The number of hydrogen-bond donors (Lipinski definition) is 2. The van der Waals surface area contributed by atoms with Gasteiger partial charge in [-0.2, -0.15) is 0 Å². The van der Waals surface area contributed by atoms with Gasteiger partial charge in [0.15, 0.2) is 0 Å². The van der Waals surface area contributed by atoms with Crippen molar-refractivity contribution in [2.45, 2.75) is 6.54 Å². The molecule has 3 rings (SSSR count). The highest BCUT2D eigenvalue weighted by atomic mass is 16.4. The normalized spacial score (nSPS) is 11.3. The standard InChI is InChI=1S/C19H19NO4/c1-20(7-8-21)12-14-9-19(23)24-18-11-15(17(22)10-16(14)18)13-5-3-2-4-6-13/h2-6,9-11,21-22H,7-8,12H2,1H3. The number of aliphatic hydroxyl groups is 1. The van der Waals surface area contributed by atoms with E-state index in [0.29, 0.717) is 29.6 Å². The topological polar surface area (TPSA) is 73.9 Å². The van der Waals surface area contributed by atoms with Gasteiger partial charge in [0.1, 0.15) is 11.3 Å². The number of likely N-dealkylation sites (N-methyl/N-ethyl adjacent to an activating group) is 1. The maximum atomic E-state index is 11.9. The van der Waals surface area contributed by atoms with E-state index in [9.17, 15) is 9.90 Å². The van der Waals surface area contributed by atoms with E-state index in [1.165, 1.54) is 6.07 Å². The van der Waals surface area contributed by atoms with Crippen molar-refractivity contribution < 1.29 is 14.6 Å². The van der Waals surface area contributed by atoms with Crippen LogP contribution in [0, 0.1) is 0 Å². The summed E-state index contributed by atoms with van der Waals surface area (Å²) in [6, 6.07) is 14.2. The Morgan fingerprint density at radius 2 is 1.88 bits per heavy atom. The van der Waals surface area contributed by atoms with Gasteiger partial charge in [-0.05, 0) is 30.3 Å². The number of nitrogens with zero attached hydrogens (tertiary/aromatic N) is 1. The van der Waals surface area contributed by atoms with Gasteiger partial charge in [0.05, 0.1) is 6.61 Å². The molecule has 24 heavy (non-hydrogen) atoms. The van der Waals surface area contributed by atoms with Crippen molar-refractivity contribution in [3.8, 4) is 16.9 Å². The van der Waals surface area contributed by atoms with Gasteiger partial charge in [0.2, 0.25) is 0 Å². The Kier molecular flexibility index (Phi) is 4.64. The molecule has 0 aliphatic carbocycles. The highest BCUT2D eigenvalue weighted by Gasteiger charge is 2.13. The first-order valence-electron chi connectivity index (χ1n) is 7.73. The predicted octanol–water partition coefficient (Wildman–Crippen LogP) is 2.59. The van der Waals surface area contributed by atoms with Gasteiger partial charge in [-0.3, -0.25) is 4.90 Å². The molecule has 0 spiro atoms. The van der Waals surface area contributed by atoms with Crippen molar-refractivity contribution in [2.24, 2.45) is 0 Å². The summed E-state index contributed by atoms with van der Waals surface area (Å²) in [6.45, 7) is 1.02. The van der Waals surface area contributed by atoms with Crippen LogP contribution in [-0.4, -0.2) is 35.3 Å². The minimum absolute atomic E-state index is 0.0410. The monoisotopic (exact) mass is 325 g/mol. The average molecular weight is 325 g/mol. The van der Waals surface area contributed by atoms with E-state index in [0.717, 1.165) is 11.1 Å². The van der Waals surface area contributed by atoms with Crippen LogP contribution in [0.4, 0.5) is 0 Å². The lowest BCUT2D eigenvalue weighted by molar-refractivity contribution is 0.217. The Labute approximate surface area is 139 Å². The zero-order valence-electron chi connectivity index (χ0n) is 13.4. The fourth-order valence-electron chi connectivity index (χ4n) is 2.78. The lowest BCUT2D eigenvalue weighted by Gasteiger charge is -2.16. The first-order chi connectivity index (χ1) is 11.6. The Morgan fingerprint density at radius 1 is 1.12 bits per heavy atom. The van der Waals surface area contributed by atoms with E-state index in [1.54, 1.807) is 12.1 Å². The van der Waals surface area contributed by atoms with Crippen molar-refractivity contribution in [2.75, 3.05) is 20.2 Å². The number of phenolic OH excluding ortho intramolecular Hbond substituents is 1. The third-order valence-electron chi connectivity index (χ3n) is 3.95. The molecule has 0 fully saturated rings. The molecule has 0 radical (unpaired) electrons. The molecule has 5 nitrogen and oxygen atoms in total. The van der Waals surface area contributed by atoms with E-state index >= 15 is 0 Å². The SMILES string of the molecule is CN(CCO)Cc1cc(=O)oc2cc(-c3ccccc3)c(O)cc12. The molecule has 2 N–H and O–H groups in total. The molecular weight excluding hydrogens is 306 g/mol.